The van der Waals surface area contributed by atoms with Gasteiger partial charge in [-0.05, 0) is 19.1 Å². The number of thioether (sulfide) groups is 1. The van der Waals surface area contributed by atoms with Gasteiger partial charge in [-0.3, -0.25) is 9.59 Å². The largest absolute Gasteiger partial charge is 0.435 e. The maximum Gasteiger partial charge on any atom is 0.387 e. The Morgan fingerprint density at radius 3 is 2.73 bits per heavy atom. The number of aromatic nitrogens is 2. The Bertz CT molecular complexity index is 705. The van der Waals surface area contributed by atoms with E-state index < -0.39 is 17.8 Å². The Morgan fingerprint density at radius 2 is 2.14 bits per heavy atom. The fourth-order valence-electron chi connectivity index (χ4n) is 1.76. The SMILES string of the molecule is CNC(=O)C(Sc1nc2ccc(OC(F)F)cc2[nH]1)C(C)=O. The number of nitrogens with zero attached hydrogens (tertiary/aromatic N) is 1. The quantitative estimate of drug-likeness (QED) is 0.625. The molecule has 0 aliphatic carbocycles. The van der Waals surface area contributed by atoms with E-state index in [0.29, 0.717) is 16.2 Å². The second-order valence-electron chi connectivity index (χ2n) is 4.32. The van der Waals surface area contributed by atoms with Crippen LogP contribution < -0.4 is 10.1 Å². The van der Waals surface area contributed by atoms with Gasteiger partial charge < -0.3 is 15.0 Å². The predicted molar refractivity (Wildman–Crippen MR) is 77.1 cm³/mol. The molecule has 2 rings (SSSR count). The van der Waals surface area contributed by atoms with E-state index in [-0.39, 0.29) is 11.5 Å². The van der Waals surface area contributed by atoms with Crippen LogP contribution in [0.15, 0.2) is 23.4 Å². The van der Waals surface area contributed by atoms with Crippen molar-refractivity contribution >= 4 is 34.5 Å². The zero-order chi connectivity index (χ0) is 16.3. The van der Waals surface area contributed by atoms with Gasteiger partial charge >= 0.3 is 6.61 Å². The van der Waals surface area contributed by atoms with E-state index in [1.165, 1.54) is 32.2 Å². The molecule has 0 bridgehead atoms. The summed E-state index contributed by atoms with van der Waals surface area (Å²) < 4.78 is 28.7. The molecular weight excluding hydrogens is 316 g/mol. The molecule has 1 unspecified atom stereocenters. The van der Waals surface area contributed by atoms with Crippen LogP contribution in [0.3, 0.4) is 0 Å². The highest BCUT2D eigenvalue weighted by Crippen LogP contribution is 2.27. The second-order valence-corrected chi connectivity index (χ2v) is 5.42. The number of hydrogen-bond acceptors (Lipinski definition) is 5. The summed E-state index contributed by atoms with van der Waals surface area (Å²) in [6, 6.07) is 4.25. The first-order chi connectivity index (χ1) is 10.4. The minimum Gasteiger partial charge on any atom is -0.435 e. The Balaban J connectivity index is 2.25. The molecule has 0 aliphatic rings. The first-order valence-electron chi connectivity index (χ1n) is 6.24. The number of carbonyl (C=O) groups is 2. The van der Waals surface area contributed by atoms with Crippen LogP contribution in [-0.4, -0.2) is 40.6 Å². The van der Waals surface area contributed by atoms with Gasteiger partial charge in [0.2, 0.25) is 5.91 Å². The third kappa shape index (κ3) is 3.73. The number of halogens is 2. The van der Waals surface area contributed by atoms with Crippen LogP contribution in [0.2, 0.25) is 0 Å². The Labute approximate surface area is 128 Å². The number of H-pyrrole nitrogens is 1. The smallest absolute Gasteiger partial charge is 0.387 e. The molecule has 22 heavy (non-hydrogen) atoms. The van der Waals surface area contributed by atoms with E-state index >= 15 is 0 Å². The lowest BCUT2D eigenvalue weighted by atomic mass is 10.3. The van der Waals surface area contributed by atoms with E-state index in [1.807, 2.05) is 0 Å². The van der Waals surface area contributed by atoms with Gasteiger partial charge in [-0.1, -0.05) is 11.8 Å². The lowest BCUT2D eigenvalue weighted by Gasteiger charge is -2.09. The number of benzene rings is 1. The van der Waals surface area contributed by atoms with Crippen LogP contribution in [-0.2, 0) is 9.59 Å². The molecule has 2 aromatic rings. The highest BCUT2D eigenvalue weighted by Gasteiger charge is 2.25. The maximum absolute atomic E-state index is 12.2. The summed E-state index contributed by atoms with van der Waals surface area (Å²) in [5, 5.41) is 1.82. The maximum atomic E-state index is 12.2. The van der Waals surface area contributed by atoms with Crippen molar-refractivity contribution in [2.24, 2.45) is 0 Å². The van der Waals surface area contributed by atoms with E-state index in [1.54, 1.807) is 0 Å². The Morgan fingerprint density at radius 1 is 1.41 bits per heavy atom. The van der Waals surface area contributed by atoms with Crippen molar-refractivity contribution in [3.63, 3.8) is 0 Å². The Hall–Kier alpha value is -2.16. The number of amides is 1. The van der Waals surface area contributed by atoms with Crippen LogP contribution >= 0.6 is 11.8 Å². The fourth-order valence-corrected chi connectivity index (χ4v) is 2.70. The summed E-state index contributed by atoms with van der Waals surface area (Å²) in [7, 11) is 1.44. The number of hydrogen-bond donors (Lipinski definition) is 2. The molecule has 0 radical (unpaired) electrons. The van der Waals surface area contributed by atoms with E-state index in [4.69, 9.17) is 0 Å². The van der Waals surface area contributed by atoms with Crippen molar-refractivity contribution in [3.8, 4) is 5.75 Å². The van der Waals surface area contributed by atoms with Crippen LogP contribution in [0.1, 0.15) is 6.92 Å². The number of aromatic amines is 1. The van der Waals surface area contributed by atoms with Crippen molar-refractivity contribution in [2.75, 3.05) is 7.05 Å². The number of ketones is 1. The molecule has 0 fully saturated rings. The molecule has 1 atom stereocenters. The average Bonchev–Trinajstić information content (AvgIpc) is 2.84. The number of imidazole rings is 1. The highest BCUT2D eigenvalue weighted by molar-refractivity contribution is 8.01. The standard InChI is InChI=1S/C13H13F2N3O3S/c1-6(19)10(11(20)16-2)22-13-17-8-4-3-7(21-12(14)15)5-9(8)18-13/h3-5,10,12H,1-2H3,(H,16,20)(H,17,18). The summed E-state index contributed by atoms with van der Waals surface area (Å²) >= 11 is 0.958. The van der Waals surface area contributed by atoms with Gasteiger partial charge in [0.25, 0.3) is 0 Å². The topological polar surface area (TPSA) is 84.1 Å². The van der Waals surface area contributed by atoms with Crippen molar-refractivity contribution in [1.29, 1.82) is 0 Å². The third-order valence-corrected chi connectivity index (χ3v) is 3.94. The van der Waals surface area contributed by atoms with E-state index in [2.05, 4.69) is 20.0 Å². The van der Waals surface area contributed by atoms with Gasteiger partial charge in [0.15, 0.2) is 10.9 Å². The molecule has 0 spiro atoms. The molecule has 2 N–H and O–H groups in total. The van der Waals surface area contributed by atoms with Crippen LogP contribution in [0.5, 0.6) is 5.75 Å². The van der Waals surface area contributed by atoms with Crippen molar-refractivity contribution < 1.29 is 23.1 Å². The zero-order valence-electron chi connectivity index (χ0n) is 11.7. The van der Waals surface area contributed by atoms with Crippen LogP contribution in [0, 0.1) is 0 Å². The molecule has 1 aromatic heterocycles. The molecule has 118 valence electrons. The summed E-state index contributed by atoms with van der Waals surface area (Å²) in [6.45, 7) is -1.60. The minimum atomic E-state index is -2.91. The van der Waals surface area contributed by atoms with Gasteiger partial charge in [0.05, 0.1) is 11.0 Å². The summed E-state index contributed by atoms with van der Waals surface area (Å²) in [5.74, 6) is -0.747. The monoisotopic (exact) mass is 329 g/mol. The zero-order valence-corrected chi connectivity index (χ0v) is 12.5. The molecule has 9 heteroatoms. The van der Waals surface area contributed by atoms with Gasteiger partial charge in [0.1, 0.15) is 11.0 Å². The summed E-state index contributed by atoms with van der Waals surface area (Å²) in [4.78, 5) is 30.2. The molecule has 1 amide bonds. The molecule has 1 aromatic carbocycles. The van der Waals surface area contributed by atoms with Gasteiger partial charge in [-0.15, -0.1) is 0 Å². The Kier molecular flexibility index (Phi) is 4.96. The number of rotatable bonds is 6. The molecule has 0 saturated heterocycles. The molecule has 1 heterocycles. The number of nitrogens with one attached hydrogen (secondary N) is 2. The van der Waals surface area contributed by atoms with Gasteiger partial charge in [-0.2, -0.15) is 8.78 Å². The number of alkyl halides is 2. The number of ether oxygens (including phenoxy) is 1. The fraction of sp³-hybridized carbons (Fsp3) is 0.308. The average molecular weight is 329 g/mol. The highest BCUT2D eigenvalue weighted by atomic mass is 32.2. The van der Waals surface area contributed by atoms with Crippen molar-refractivity contribution in [1.82, 2.24) is 15.3 Å². The van der Waals surface area contributed by atoms with Gasteiger partial charge in [-0.25, -0.2) is 4.98 Å². The number of carbonyl (C=O) groups excluding carboxylic acids is 2. The molecule has 6 nitrogen and oxygen atoms in total. The van der Waals surface area contributed by atoms with Gasteiger partial charge in [0, 0.05) is 13.1 Å². The van der Waals surface area contributed by atoms with Crippen molar-refractivity contribution in [2.45, 2.75) is 23.9 Å². The number of Topliss-reactive ketones (excluding diaryl/α,β-unsaturated/α-hetero) is 1. The normalized spacial score (nSPS) is 12.4. The van der Waals surface area contributed by atoms with Crippen molar-refractivity contribution in [3.05, 3.63) is 18.2 Å². The second kappa shape index (κ2) is 6.73. The molecule has 0 saturated carbocycles. The summed E-state index contributed by atoms with van der Waals surface area (Å²) in [5.41, 5.74) is 0.989. The minimum absolute atomic E-state index is 0.00267. The van der Waals surface area contributed by atoms with Crippen LogP contribution in [0.4, 0.5) is 8.78 Å². The summed E-state index contributed by atoms with van der Waals surface area (Å²) in [6.07, 6.45) is 0. The molecule has 0 aliphatic heterocycles. The molecular formula is C13H13F2N3O3S. The van der Waals surface area contributed by atoms with E-state index in [9.17, 15) is 18.4 Å². The predicted octanol–water partition coefficient (Wildman–Crippen LogP) is 1.96. The first kappa shape index (κ1) is 16.2. The first-order valence-corrected chi connectivity index (χ1v) is 7.12. The lowest BCUT2D eigenvalue weighted by Crippen LogP contribution is -2.34. The van der Waals surface area contributed by atoms with Crippen LogP contribution in [0.25, 0.3) is 11.0 Å². The lowest BCUT2D eigenvalue weighted by molar-refractivity contribution is -0.126. The number of fused-ring (bicyclic) bond motifs is 1. The third-order valence-electron chi connectivity index (χ3n) is 2.74. The van der Waals surface area contributed by atoms with E-state index in [0.717, 1.165) is 11.8 Å².